The van der Waals surface area contributed by atoms with E-state index in [0.717, 1.165) is 37.3 Å². The molecule has 5 heteroatoms. The monoisotopic (exact) mass is 311 g/mol. The minimum absolute atomic E-state index is 0.174. The van der Waals surface area contributed by atoms with Gasteiger partial charge in [0.05, 0.1) is 5.56 Å². The maximum Gasteiger partial charge on any atom is 0.259 e. The van der Waals surface area contributed by atoms with Gasteiger partial charge in [0.2, 0.25) is 0 Å². The van der Waals surface area contributed by atoms with Crippen molar-refractivity contribution in [2.24, 2.45) is 0 Å². The first kappa shape index (κ1) is 15.3. The number of nitrogens with zero attached hydrogens (tertiary/aromatic N) is 2. The molecule has 0 spiro atoms. The SMILES string of the molecule is Cc1cc(O)ccc1NC(=O)c1cccnc1N1CCCCC1. The fourth-order valence-electron chi connectivity index (χ4n) is 2.91. The van der Waals surface area contributed by atoms with Crippen LogP contribution in [0.15, 0.2) is 36.5 Å². The Morgan fingerprint density at radius 2 is 2.00 bits per heavy atom. The summed E-state index contributed by atoms with van der Waals surface area (Å²) >= 11 is 0. The van der Waals surface area contributed by atoms with Crippen molar-refractivity contribution in [1.29, 1.82) is 0 Å². The van der Waals surface area contributed by atoms with Crippen molar-refractivity contribution < 1.29 is 9.90 Å². The van der Waals surface area contributed by atoms with Crippen molar-refractivity contribution in [1.82, 2.24) is 4.98 Å². The number of carbonyl (C=O) groups is 1. The average Bonchev–Trinajstić information content (AvgIpc) is 2.58. The molecule has 1 fully saturated rings. The molecule has 1 aliphatic rings. The molecule has 1 saturated heterocycles. The number of piperidine rings is 1. The van der Waals surface area contributed by atoms with Gasteiger partial charge in [-0.15, -0.1) is 0 Å². The van der Waals surface area contributed by atoms with Gasteiger partial charge in [0.25, 0.3) is 5.91 Å². The third-order valence-electron chi connectivity index (χ3n) is 4.15. The number of hydrogen-bond acceptors (Lipinski definition) is 4. The molecule has 0 bridgehead atoms. The Bertz CT molecular complexity index is 709. The minimum atomic E-state index is -0.174. The smallest absolute Gasteiger partial charge is 0.259 e. The maximum absolute atomic E-state index is 12.7. The van der Waals surface area contributed by atoms with Crippen LogP contribution in [-0.4, -0.2) is 29.1 Å². The number of pyridine rings is 1. The summed E-state index contributed by atoms with van der Waals surface area (Å²) in [6, 6.07) is 8.50. The molecule has 0 saturated carbocycles. The van der Waals surface area contributed by atoms with E-state index in [1.807, 2.05) is 13.0 Å². The number of anilines is 2. The number of carbonyl (C=O) groups excluding carboxylic acids is 1. The molecule has 1 aliphatic heterocycles. The maximum atomic E-state index is 12.7. The summed E-state index contributed by atoms with van der Waals surface area (Å²) in [6.07, 6.45) is 5.23. The third-order valence-corrected chi connectivity index (χ3v) is 4.15. The molecule has 23 heavy (non-hydrogen) atoms. The van der Waals surface area contributed by atoms with Crippen molar-refractivity contribution in [2.45, 2.75) is 26.2 Å². The van der Waals surface area contributed by atoms with E-state index in [1.165, 1.54) is 6.42 Å². The molecule has 5 nitrogen and oxygen atoms in total. The Balaban J connectivity index is 1.84. The van der Waals surface area contributed by atoms with Crippen LogP contribution >= 0.6 is 0 Å². The highest BCUT2D eigenvalue weighted by molar-refractivity contribution is 6.07. The van der Waals surface area contributed by atoms with E-state index in [9.17, 15) is 9.90 Å². The van der Waals surface area contributed by atoms with Gasteiger partial charge in [0.15, 0.2) is 0 Å². The van der Waals surface area contributed by atoms with Crippen molar-refractivity contribution in [3.05, 3.63) is 47.7 Å². The van der Waals surface area contributed by atoms with E-state index in [1.54, 1.807) is 30.5 Å². The average molecular weight is 311 g/mol. The zero-order valence-corrected chi connectivity index (χ0v) is 13.2. The largest absolute Gasteiger partial charge is 0.508 e. The molecule has 0 atom stereocenters. The van der Waals surface area contributed by atoms with Crippen LogP contribution < -0.4 is 10.2 Å². The number of benzene rings is 1. The molecule has 2 aromatic rings. The van der Waals surface area contributed by atoms with E-state index in [-0.39, 0.29) is 11.7 Å². The highest BCUT2D eigenvalue weighted by atomic mass is 16.3. The van der Waals surface area contributed by atoms with Crippen LogP contribution in [0.3, 0.4) is 0 Å². The summed E-state index contributed by atoms with van der Waals surface area (Å²) in [5.41, 5.74) is 2.10. The second-order valence-corrected chi connectivity index (χ2v) is 5.88. The normalized spacial score (nSPS) is 14.6. The quantitative estimate of drug-likeness (QED) is 0.853. The van der Waals surface area contributed by atoms with Gasteiger partial charge in [0, 0.05) is 25.0 Å². The van der Waals surface area contributed by atoms with Gasteiger partial charge in [-0.25, -0.2) is 4.98 Å². The first-order valence-corrected chi connectivity index (χ1v) is 7.96. The Morgan fingerprint density at radius 1 is 1.22 bits per heavy atom. The fourth-order valence-corrected chi connectivity index (χ4v) is 2.91. The predicted molar refractivity (Wildman–Crippen MR) is 91.1 cm³/mol. The van der Waals surface area contributed by atoms with Crippen LogP contribution in [0.2, 0.25) is 0 Å². The third kappa shape index (κ3) is 3.44. The predicted octanol–water partition coefficient (Wildman–Crippen LogP) is 3.34. The minimum Gasteiger partial charge on any atom is -0.508 e. The Hall–Kier alpha value is -2.56. The summed E-state index contributed by atoms with van der Waals surface area (Å²) in [4.78, 5) is 19.3. The number of phenolic OH excluding ortho intramolecular Hbond substituents is 1. The number of amides is 1. The van der Waals surface area contributed by atoms with Gasteiger partial charge < -0.3 is 15.3 Å². The molecule has 0 radical (unpaired) electrons. The lowest BCUT2D eigenvalue weighted by Crippen LogP contribution is -2.32. The Kier molecular flexibility index (Phi) is 4.46. The van der Waals surface area contributed by atoms with Gasteiger partial charge in [-0.2, -0.15) is 0 Å². The van der Waals surface area contributed by atoms with Crippen LogP contribution in [0.4, 0.5) is 11.5 Å². The summed E-state index contributed by atoms with van der Waals surface area (Å²) in [5.74, 6) is 0.768. The Morgan fingerprint density at radius 3 is 2.74 bits per heavy atom. The second-order valence-electron chi connectivity index (χ2n) is 5.88. The van der Waals surface area contributed by atoms with Crippen molar-refractivity contribution in [3.8, 4) is 5.75 Å². The Labute approximate surface area is 136 Å². The van der Waals surface area contributed by atoms with Crippen molar-refractivity contribution >= 4 is 17.4 Å². The van der Waals surface area contributed by atoms with Crippen molar-refractivity contribution in [3.63, 3.8) is 0 Å². The molecule has 2 N–H and O–H groups in total. The number of aromatic nitrogens is 1. The standard InChI is InChI=1S/C18H21N3O2/c1-13-12-14(22)7-8-16(13)20-18(23)15-6-5-9-19-17(15)21-10-3-2-4-11-21/h5-9,12,22H,2-4,10-11H2,1H3,(H,20,23). The molecule has 2 heterocycles. The number of nitrogens with one attached hydrogen (secondary N) is 1. The first-order chi connectivity index (χ1) is 11.1. The molecule has 120 valence electrons. The topological polar surface area (TPSA) is 65.5 Å². The molecule has 1 aromatic carbocycles. The molecule has 1 amide bonds. The zero-order valence-electron chi connectivity index (χ0n) is 13.2. The van der Waals surface area contributed by atoms with Crippen molar-refractivity contribution in [2.75, 3.05) is 23.3 Å². The molecule has 0 aliphatic carbocycles. The fraction of sp³-hybridized carbons (Fsp3) is 0.333. The van der Waals surface area contributed by atoms with E-state index in [0.29, 0.717) is 11.3 Å². The summed E-state index contributed by atoms with van der Waals surface area (Å²) in [6.45, 7) is 3.73. The van der Waals surface area contributed by atoms with Gasteiger partial charge in [-0.3, -0.25) is 4.79 Å². The lowest BCUT2D eigenvalue weighted by atomic mass is 10.1. The molecular formula is C18H21N3O2. The van der Waals surface area contributed by atoms with Gasteiger partial charge >= 0.3 is 0 Å². The van der Waals surface area contributed by atoms with E-state index in [4.69, 9.17) is 0 Å². The summed E-state index contributed by atoms with van der Waals surface area (Å²) in [5, 5.41) is 12.4. The van der Waals surface area contributed by atoms with Gasteiger partial charge in [-0.05, 0) is 62.1 Å². The number of aromatic hydroxyl groups is 1. The van der Waals surface area contributed by atoms with E-state index < -0.39 is 0 Å². The van der Waals surface area contributed by atoms with Crippen LogP contribution in [0.1, 0.15) is 35.2 Å². The van der Waals surface area contributed by atoms with Gasteiger partial charge in [0.1, 0.15) is 11.6 Å². The first-order valence-electron chi connectivity index (χ1n) is 7.96. The van der Waals surface area contributed by atoms with Crippen LogP contribution in [0.5, 0.6) is 5.75 Å². The number of aryl methyl sites for hydroxylation is 1. The number of phenols is 1. The summed E-state index contributed by atoms with van der Waals surface area (Å²) in [7, 11) is 0. The van der Waals surface area contributed by atoms with Crippen LogP contribution in [0, 0.1) is 6.92 Å². The van der Waals surface area contributed by atoms with E-state index in [2.05, 4.69) is 15.2 Å². The number of rotatable bonds is 3. The molecule has 1 aromatic heterocycles. The lowest BCUT2D eigenvalue weighted by molar-refractivity contribution is 0.102. The zero-order chi connectivity index (χ0) is 16.2. The highest BCUT2D eigenvalue weighted by Crippen LogP contribution is 2.24. The lowest BCUT2D eigenvalue weighted by Gasteiger charge is -2.29. The number of hydrogen-bond donors (Lipinski definition) is 2. The van der Waals surface area contributed by atoms with Crippen LogP contribution in [0.25, 0.3) is 0 Å². The second kappa shape index (κ2) is 6.69. The highest BCUT2D eigenvalue weighted by Gasteiger charge is 2.20. The molecular weight excluding hydrogens is 290 g/mol. The summed E-state index contributed by atoms with van der Waals surface area (Å²) < 4.78 is 0. The molecule has 0 unspecified atom stereocenters. The van der Waals surface area contributed by atoms with Gasteiger partial charge in [-0.1, -0.05) is 0 Å². The molecule has 3 rings (SSSR count). The van der Waals surface area contributed by atoms with Crippen LogP contribution in [-0.2, 0) is 0 Å². The van der Waals surface area contributed by atoms with E-state index >= 15 is 0 Å².